The minimum Gasteiger partial charge on any atom is -0.481 e. The van der Waals surface area contributed by atoms with Crippen molar-refractivity contribution < 1.29 is 23.1 Å². The van der Waals surface area contributed by atoms with E-state index in [1.54, 1.807) is 27.7 Å². The van der Waals surface area contributed by atoms with E-state index in [0.29, 0.717) is 12.8 Å². The molecule has 0 atom stereocenters. The van der Waals surface area contributed by atoms with Crippen molar-refractivity contribution >= 4 is 5.97 Å². The molecule has 18 heavy (non-hydrogen) atoms. The molecule has 0 aliphatic heterocycles. The lowest BCUT2D eigenvalue weighted by atomic mass is 9.81. The van der Waals surface area contributed by atoms with Crippen LogP contribution in [0, 0.1) is 5.41 Å². The SMILES string of the molecule is CCC(CC)(CN(CC(F)(F)F)C(C)C)C(=O)O. The first-order chi connectivity index (χ1) is 8.08. The zero-order chi connectivity index (χ0) is 14.6. The fourth-order valence-corrected chi connectivity index (χ4v) is 1.88. The van der Waals surface area contributed by atoms with E-state index in [9.17, 15) is 23.1 Å². The molecule has 0 aromatic rings. The second-order valence-corrected chi connectivity index (χ2v) is 4.91. The van der Waals surface area contributed by atoms with E-state index in [1.807, 2.05) is 0 Å². The standard InChI is InChI=1S/C12H22F3NO2/c1-5-11(6-2,10(17)18)7-16(9(3)4)8-12(13,14)15/h9H,5-8H2,1-4H3,(H,17,18). The normalized spacial score (nSPS) is 13.4. The predicted molar refractivity (Wildman–Crippen MR) is 63.4 cm³/mol. The molecule has 0 aliphatic rings. The molecule has 0 aromatic heterocycles. The topological polar surface area (TPSA) is 40.5 Å². The van der Waals surface area contributed by atoms with Crippen LogP contribution in [0.15, 0.2) is 0 Å². The summed E-state index contributed by atoms with van der Waals surface area (Å²) < 4.78 is 37.4. The molecule has 0 spiro atoms. The number of hydrogen-bond acceptors (Lipinski definition) is 2. The molecule has 6 heteroatoms. The van der Waals surface area contributed by atoms with E-state index in [0.717, 1.165) is 0 Å². The third-order valence-corrected chi connectivity index (χ3v) is 3.43. The number of carboxylic acids is 1. The Labute approximate surface area is 106 Å². The van der Waals surface area contributed by atoms with Gasteiger partial charge in [0.2, 0.25) is 0 Å². The van der Waals surface area contributed by atoms with Gasteiger partial charge in [-0.2, -0.15) is 13.2 Å². The minimum absolute atomic E-state index is 0.0769. The highest BCUT2D eigenvalue weighted by Gasteiger charge is 2.40. The van der Waals surface area contributed by atoms with Crippen LogP contribution in [0.4, 0.5) is 13.2 Å². The maximum absolute atomic E-state index is 12.5. The number of hydrogen-bond donors (Lipinski definition) is 1. The zero-order valence-corrected chi connectivity index (χ0v) is 11.3. The highest BCUT2D eigenvalue weighted by atomic mass is 19.4. The molecule has 108 valence electrons. The summed E-state index contributed by atoms with van der Waals surface area (Å²) in [4.78, 5) is 12.5. The number of carbonyl (C=O) groups is 1. The van der Waals surface area contributed by atoms with Gasteiger partial charge in [0.25, 0.3) is 0 Å². The van der Waals surface area contributed by atoms with Gasteiger partial charge in [0.05, 0.1) is 12.0 Å². The van der Waals surface area contributed by atoms with Crippen LogP contribution in [-0.2, 0) is 4.79 Å². The van der Waals surface area contributed by atoms with Crippen molar-refractivity contribution in [1.82, 2.24) is 4.90 Å². The molecule has 0 fully saturated rings. The molecule has 0 aliphatic carbocycles. The number of carboxylic acid groups (broad SMARTS) is 1. The fourth-order valence-electron chi connectivity index (χ4n) is 1.88. The van der Waals surface area contributed by atoms with E-state index >= 15 is 0 Å². The van der Waals surface area contributed by atoms with E-state index in [-0.39, 0.29) is 12.6 Å². The molecule has 0 rings (SSSR count). The Morgan fingerprint density at radius 2 is 1.61 bits per heavy atom. The first-order valence-corrected chi connectivity index (χ1v) is 6.12. The predicted octanol–water partition coefficient (Wildman–Crippen LogP) is 3.15. The van der Waals surface area contributed by atoms with Gasteiger partial charge in [0, 0.05) is 12.6 Å². The average molecular weight is 269 g/mol. The summed E-state index contributed by atoms with van der Waals surface area (Å²) in [6.07, 6.45) is -3.67. The lowest BCUT2D eigenvalue weighted by molar-refractivity contribution is -0.164. The van der Waals surface area contributed by atoms with Crippen LogP contribution in [0.1, 0.15) is 40.5 Å². The van der Waals surface area contributed by atoms with Crippen molar-refractivity contribution in [3.8, 4) is 0 Å². The number of rotatable bonds is 7. The zero-order valence-electron chi connectivity index (χ0n) is 11.3. The van der Waals surface area contributed by atoms with Gasteiger partial charge in [-0.15, -0.1) is 0 Å². The average Bonchev–Trinajstić information content (AvgIpc) is 2.22. The third kappa shape index (κ3) is 4.84. The number of aliphatic carboxylic acids is 1. The monoisotopic (exact) mass is 269 g/mol. The molecular formula is C12H22F3NO2. The first-order valence-electron chi connectivity index (χ1n) is 6.12. The lowest BCUT2D eigenvalue weighted by Gasteiger charge is -2.36. The van der Waals surface area contributed by atoms with Gasteiger partial charge >= 0.3 is 12.1 Å². The molecular weight excluding hydrogens is 247 g/mol. The summed E-state index contributed by atoms with van der Waals surface area (Å²) in [6.45, 7) is 5.53. The molecule has 0 saturated carbocycles. The van der Waals surface area contributed by atoms with Crippen LogP contribution in [0.5, 0.6) is 0 Å². The third-order valence-electron chi connectivity index (χ3n) is 3.43. The van der Waals surface area contributed by atoms with Crippen molar-refractivity contribution in [2.75, 3.05) is 13.1 Å². The van der Waals surface area contributed by atoms with Crippen molar-refractivity contribution in [3.05, 3.63) is 0 Å². The second-order valence-electron chi connectivity index (χ2n) is 4.91. The summed E-state index contributed by atoms with van der Waals surface area (Å²) in [5.41, 5.74) is -1.10. The Balaban J connectivity index is 5.00. The molecule has 0 unspecified atom stereocenters. The molecule has 0 amide bonds. The molecule has 0 saturated heterocycles. The molecule has 3 nitrogen and oxygen atoms in total. The van der Waals surface area contributed by atoms with Crippen molar-refractivity contribution in [2.45, 2.75) is 52.8 Å². The summed E-state index contributed by atoms with van der Waals surface area (Å²) >= 11 is 0. The smallest absolute Gasteiger partial charge is 0.401 e. The van der Waals surface area contributed by atoms with Crippen molar-refractivity contribution in [1.29, 1.82) is 0 Å². The van der Waals surface area contributed by atoms with Gasteiger partial charge in [0.1, 0.15) is 0 Å². The Morgan fingerprint density at radius 1 is 1.17 bits per heavy atom. The Kier molecular flexibility index (Phi) is 6.13. The molecule has 1 N–H and O–H groups in total. The summed E-state index contributed by atoms with van der Waals surface area (Å²) in [7, 11) is 0. The van der Waals surface area contributed by atoms with E-state index < -0.39 is 24.1 Å². The highest BCUT2D eigenvalue weighted by Crippen LogP contribution is 2.30. The summed E-state index contributed by atoms with van der Waals surface area (Å²) in [6, 6.07) is -0.344. The maximum Gasteiger partial charge on any atom is 0.401 e. The minimum atomic E-state index is -4.31. The van der Waals surface area contributed by atoms with Crippen LogP contribution >= 0.6 is 0 Å². The van der Waals surface area contributed by atoms with Crippen LogP contribution in [0.3, 0.4) is 0 Å². The summed E-state index contributed by atoms with van der Waals surface area (Å²) in [5, 5.41) is 9.24. The molecule has 0 bridgehead atoms. The first kappa shape index (κ1) is 17.2. The Bertz CT molecular complexity index is 273. The van der Waals surface area contributed by atoms with E-state index in [1.165, 1.54) is 4.90 Å². The van der Waals surface area contributed by atoms with E-state index in [4.69, 9.17) is 0 Å². The highest BCUT2D eigenvalue weighted by molar-refractivity contribution is 5.74. The number of halogens is 3. The Hall–Kier alpha value is -0.780. The molecule has 0 radical (unpaired) electrons. The van der Waals surface area contributed by atoms with Crippen LogP contribution < -0.4 is 0 Å². The van der Waals surface area contributed by atoms with Crippen molar-refractivity contribution in [3.63, 3.8) is 0 Å². The quantitative estimate of drug-likeness (QED) is 0.772. The molecule has 0 heterocycles. The number of alkyl halides is 3. The second kappa shape index (κ2) is 6.41. The van der Waals surface area contributed by atoms with Gasteiger partial charge in [-0.3, -0.25) is 9.69 Å². The van der Waals surface area contributed by atoms with E-state index in [2.05, 4.69) is 0 Å². The van der Waals surface area contributed by atoms with Gasteiger partial charge in [-0.1, -0.05) is 13.8 Å². The fraction of sp³-hybridized carbons (Fsp3) is 0.917. The van der Waals surface area contributed by atoms with Gasteiger partial charge < -0.3 is 5.11 Å². The van der Waals surface area contributed by atoms with Crippen molar-refractivity contribution in [2.24, 2.45) is 5.41 Å². The lowest BCUT2D eigenvalue weighted by Crippen LogP contribution is -2.48. The van der Waals surface area contributed by atoms with Gasteiger partial charge in [-0.25, -0.2) is 0 Å². The van der Waals surface area contributed by atoms with Crippen LogP contribution in [-0.4, -0.2) is 41.3 Å². The summed E-state index contributed by atoms with van der Waals surface area (Å²) in [5.74, 6) is -1.03. The van der Waals surface area contributed by atoms with Gasteiger partial charge in [0.15, 0.2) is 0 Å². The van der Waals surface area contributed by atoms with Crippen LogP contribution in [0.25, 0.3) is 0 Å². The van der Waals surface area contributed by atoms with Gasteiger partial charge in [-0.05, 0) is 26.7 Å². The Morgan fingerprint density at radius 3 is 1.83 bits per heavy atom. The molecule has 0 aromatic carbocycles. The number of nitrogens with zero attached hydrogens (tertiary/aromatic N) is 1. The van der Waals surface area contributed by atoms with Crippen LogP contribution in [0.2, 0.25) is 0 Å². The largest absolute Gasteiger partial charge is 0.481 e. The maximum atomic E-state index is 12.5.